The molecule has 16 heavy (non-hydrogen) atoms. The first-order valence-electron chi connectivity index (χ1n) is 5.56. The van der Waals surface area contributed by atoms with E-state index in [1.807, 2.05) is 7.05 Å². The van der Waals surface area contributed by atoms with Crippen LogP contribution >= 0.6 is 0 Å². The molecule has 0 bridgehead atoms. The average Bonchev–Trinajstić information content (AvgIpc) is 2.60. The molecule has 0 aliphatic heterocycles. The molecule has 1 unspecified atom stereocenters. The van der Waals surface area contributed by atoms with Gasteiger partial charge >= 0.3 is 0 Å². The Morgan fingerprint density at radius 1 is 1.56 bits per heavy atom. The number of hydrogen-bond donors (Lipinski definition) is 1. The van der Waals surface area contributed by atoms with Crippen molar-refractivity contribution in [2.45, 2.75) is 45.4 Å². The van der Waals surface area contributed by atoms with Crippen molar-refractivity contribution in [2.24, 2.45) is 7.05 Å². The first-order valence-corrected chi connectivity index (χ1v) is 5.56. The molecule has 0 amide bonds. The number of methoxy groups -OCH3 is 1. The van der Waals surface area contributed by atoms with Crippen LogP contribution in [0.25, 0.3) is 0 Å². The lowest BCUT2D eigenvalue weighted by atomic mass is 10.00. The summed E-state index contributed by atoms with van der Waals surface area (Å²) in [4.78, 5) is 4.16. The van der Waals surface area contributed by atoms with Crippen LogP contribution in [0.4, 0.5) is 0 Å². The van der Waals surface area contributed by atoms with E-state index in [0.29, 0.717) is 6.04 Å². The second-order valence-corrected chi connectivity index (χ2v) is 4.75. The highest BCUT2D eigenvalue weighted by Crippen LogP contribution is 2.15. The van der Waals surface area contributed by atoms with Crippen molar-refractivity contribution >= 4 is 0 Å². The Kier molecular flexibility index (Phi) is 4.44. The quantitative estimate of drug-likeness (QED) is 0.789. The minimum atomic E-state index is -0.0910. The summed E-state index contributed by atoms with van der Waals surface area (Å²) in [7, 11) is 3.64. The molecular weight excluding hydrogens is 204 g/mol. The number of rotatable bonds is 6. The lowest BCUT2D eigenvalue weighted by molar-refractivity contribution is 0.00838. The molecule has 5 nitrogen and oxygen atoms in total. The molecule has 1 rings (SSSR count). The Morgan fingerprint density at radius 2 is 2.25 bits per heavy atom. The van der Waals surface area contributed by atoms with Gasteiger partial charge in [-0.2, -0.15) is 5.10 Å². The largest absolute Gasteiger partial charge is 0.379 e. The third kappa shape index (κ3) is 3.90. The molecule has 1 aromatic heterocycles. The van der Waals surface area contributed by atoms with E-state index in [1.54, 1.807) is 18.1 Å². The standard InChI is InChI=1S/C11H22N4O/c1-9(6-11(2,3)16-5)12-7-10-13-8-14-15(10)4/h8-9,12H,6-7H2,1-5H3. The molecule has 0 saturated heterocycles. The predicted octanol–water partition coefficient (Wildman–Crippen LogP) is 1.11. The zero-order chi connectivity index (χ0) is 12.2. The summed E-state index contributed by atoms with van der Waals surface area (Å²) >= 11 is 0. The molecule has 0 aliphatic rings. The number of aryl methyl sites for hydroxylation is 1. The van der Waals surface area contributed by atoms with Crippen molar-refractivity contribution in [2.75, 3.05) is 7.11 Å². The Balaban J connectivity index is 2.36. The van der Waals surface area contributed by atoms with Gasteiger partial charge in [-0.25, -0.2) is 4.98 Å². The van der Waals surface area contributed by atoms with Crippen LogP contribution in [0.1, 0.15) is 33.0 Å². The van der Waals surface area contributed by atoms with Crippen LogP contribution < -0.4 is 5.32 Å². The predicted molar refractivity (Wildman–Crippen MR) is 63.0 cm³/mol. The third-order valence-corrected chi connectivity index (χ3v) is 2.76. The molecule has 0 aliphatic carbocycles. The van der Waals surface area contributed by atoms with E-state index < -0.39 is 0 Å². The molecule has 1 heterocycles. The molecule has 0 spiro atoms. The average molecular weight is 226 g/mol. The maximum Gasteiger partial charge on any atom is 0.140 e. The molecule has 92 valence electrons. The van der Waals surface area contributed by atoms with Gasteiger partial charge in [0.05, 0.1) is 12.1 Å². The van der Waals surface area contributed by atoms with Crippen LogP contribution in [-0.4, -0.2) is 33.5 Å². The number of nitrogens with one attached hydrogen (secondary N) is 1. The number of ether oxygens (including phenoxy) is 1. The Hall–Kier alpha value is -0.940. The zero-order valence-corrected chi connectivity index (χ0v) is 10.8. The van der Waals surface area contributed by atoms with E-state index in [2.05, 4.69) is 36.2 Å². The van der Waals surface area contributed by atoms with Gasteiger partial charge in [-0.05, 0) is 27.2 Å². The van der Waals surface area contributed by atoms with Gasteiger partial charge in [-0.15, -0.1) is 0 Å². The van der Waals surface area contributed by atoms with Crippen molar-refractivity contribution < 1.29 is 4.74 Å². The summed E-state index contributed by atoms with van der Waals surface area (Å²) in [5, 5.41) is 7.44. The summed E-state index contributed by atoms with van der Waals surface area (Å²) in [5.41, 5.74) is -0.0910. The SMILES string of the molecule is COC(C)(C)CC(C)NCc1ncnn1C. The molecule has 1 atom stereocenters. The molecule has 1 aromatic rings. The van der Waals surface area contributed by atoms with Gasteiger partial charge in [-0.1, -0.05) is 0 Å². The lowest BCUT2D eigenvalue weighted by Crippen LogP contribution is -2.35. The van der Waals surface area contributed by atoms with Crippen molar-refractivity contribution in [3.8, 4) is 0 Å². The van der Waals surface area contributed by atoms with Crippen molar-refractivity contribution in [3.05, 3.63) is 12.2 Å². The van der Waals surface area contributed by atoms with Crippen LogP contribution in [0.5, 0.6) is 0 Å². The highest BCUT2D eigenvalue weighted by molar-refractivity contribution is 4.84. The summed E-state index contributed by atoms with van der Waals surface area (Å²) in [5.74, 6) is 0.946. The molecule has 0 radical (unpaired) electrons. The summed E-state index contributed by atoms with van der Waals surface area (Å²) < 4.78 is 7.17. The normalized spacial score (nSPS) is 14.1. The van der Waals surface area contributed by atoms with E-state index in [0.717, 1.165) is 18.8 Å². The maximum absolute atomic E-state index is 5.40. The summed E-state index contributed by atoms with van der Waals surface area (Å²) in [6.45, 7) is 7.07. The monoisotopic (exact) mass is 226 g/mol. The number of nitrogens with zero attached hydrogens (tertiary/aromatic N) is 3. The maximum atomic E-state index is 5.40. The van der Waals surface area contributed by atoms with Gasteiger partial charge in [0, 0.05) is 20.2 Å². The minimum Gasteiger partial charge on any atom is -0.379 e. The molecule has 0 aromatic carbocycles. The van der Waals surface area contributed by atoms with Crippen molar-refractivity contribution in [1.29, 1.82) is 0 Å². The van der Waals surface area contributed by atoms with Crippen molar-refractivity contribution in [3.63, 3.8) is 0 Å². The second kappa shape index (κ2) is 5.41. The van der Waals surface area contributed by atoms with Crippen LogP contribution in [0, 0.1) is 0 Å². The fourth-order valence-corrected chi connectivity index (χ4v) is 1.64. The van der Waals surface area contributed by atoms with Gasteiger partial charge in [0.25, 0.3) is 0 Å². The van der Waals surface area contributed by atoms with E-state index in [9.17, 15) is 0 Å². The Labute approximate surface area is 97.2 Å². The van der Waals surface area contributed by atoms with Gasteiger partial charge < -0.3 is 10.1 Å². The lowest BCUT2D eigenvalue weighted by Gasteiger charge is -2.27. The minimum absolute atomic E-state index is 0.0910. The topological polar surface area (TPSA) is 52.0 Å². The fraction of sp³-hybridized carbons (Fsp3) is 0.818. The first kappa shape index (κ1) is 13.1. The highest BCUT2D eigenvalue weighted by Gasteiger charge is 2.19. The van der Waals surface area contributed by atoms with Gasteiger partial charge in [0.1, 0.15) is 12.2 Å². The van der Waals surface area contributed by atoms with Crippen molar-refractivity contribution in [1.82, 2.24) is 20.1 Å². The smallest absolute Gasteiger partial charge is 0.140 e. The van der Waals surface area contributed by atoms with Crippen LogP contribution in [0.3, 0.4) is 0 Å². The van der Waals surface area contributed by atoms with Gasteiger partial charge in [0.15, 0.2) is 0 Å². The van der Waals surface area contributed by atoms with Gasteiger partial charge in [0.2, 0.25) is 0 Å². The van der Waals surface area contributed by atoms with E-state index in [4.69, 9.17) is 4.74 Å². The van der Waals surface area contributed by atoms with E-state index >= 15 is 0 Å². The number of aromatic nitrogens is 3. The molecule has 5 heteroatoms. The Bertz CT molecular complexity index is 322. The van der Waals surface area contributed by atoms with E-state index in [-0.39, 0.29) is 5.60 Å². The van der Waals surface area contributed by atoms with Crippen LogP contribution in [-0.2, 0) is 18.3 Å². The second-order valence-electron chi connectivity index (χ2n) is 4.75. The number of hydrogen-bond acceptors (Lipinski definition) is 4. The zero-order valence-electron chi connectivity index (χ0n) is 10.8. The molecule has 0 saturated carbocycles. The summed E-state index contributed by atoms with van der Waals surface area (Å²) in [6, 6.07) is 0.381. The fourth-order valence-electron chi connectivity index (χ4n) is 1.64. The molecule has 0 fully saturated rings. The molecule has 1 N–H and O–H groups in total. The molecular formula is C11H22N4O. The third-order valence-electron chi connectivity index (χ3n) is 2.76. The first-order chi connectivity index (χ1) is 7.44. The van der Waals surface area contributed by atoms with Crippen LogP contribution in [0.2, 0.25) is 0 Å². The summed E-state index contributed by atoms with van der Waals surface area (Å²) in [6.07, 6.45) is 2.53. The highest BCUT2D eigenvalue weighted by atomic mass is 16.5. The van der Waals surface area contributed by atoms with Gasteiger partial charge in [-0.3, -0.25) is 4.68 Å². The van der Waals surface area contributed by atoms with Crippen LogP contribution in [0.15, 0.2) is 6.33 Å². The van der Waals surface area contributed by atoms with E-state index in [1.165, 1.54) is 0 Å². The Morgan fingerprint density at radius 3 is 2.75 bits per heavy atom.